The molecule has 3 aromatic heterocycles. The number of halogens is 2. The van der Waals surface area contributed by atoms with Crippen LogP contribution in [0.25, 0.3) is 11.3 Å². The van der Waals surface area contributed by atoms with Crippen LogP contribution >= 0.6 is 0 Å². The Morgan fingerprint density at radius 3 is 2.48 bits per heavy atom. The van der Waals surface area contributed by atoms with E-state index >= 15 is 4.39 Å². The molecule has 3 rings (SSSR count). The quantitative estimate of drug-likeness (QED) is 0.581. The number of nitrogens with zero attached hydrogens (tertiary/aromatic N) is 3. The minimum absolute atomic E-state index is 0.0859. The van der Waals surface area contributed by atoms with Crippen molar-refractivity contribution >= 4 is 10.0 Å². The average molecular weight is 421 g/mol. The van der Waals surface area contributed by atoms with Crippen molar-refractivity contribution in [2.45, 2.75) is 32.2 Å². The second-order valence-electron chi connectivity index (χ2n) is 7.72. The molecule has 0 bridgehead atoms. The van der Waals surface area contributed by atoms with E-state index in [2.05, 4.69) is 9.97 Å². The molecule has 0 aliphatic heterocycles. The molecule has 0 unspecified atom stereocenters. The molecule has 29 heavy (non-hydrogen) atoms. The van der Waals surface area contributed by atoms with Crippen LogP contribution in [0, 0.1) is 17.2 Å². The fraction of sp³-hybridized carbons (Fsp3) is 0.300. The zero-order chi connectivity index (χ0) is 21.4. The first-order valence-electron chi connectivity index (χ1n) is 8.82. The highest BCUT2D eigenvalue weighted by molar-refractivity contribution is 7.90. The van der Waals surface area contributed by atoms with Crippen LogP contribution in [0.5, 0.6) is 5.88 Å². The SMILES string of the molecule is COc1cccc(S(=O)(=O)n2cc(CC(C)(C)C)c(F)c2-c2cccnc2F)n1. The molecule has 3 heterocycles. The minimum Gasteiger partial charge on any atom is -0.481 e. The topological polar surface area (TPSA) is 74.1 Å². The second kappa shape index (κ2) is 7.55. The third-order valence-electron chi connectivity index (χ3n) is 4.15. The zero-order valence-corrected chi connectivity index (χ0v) is 17.3. The van der Waals surface area contributed by atoms with Crippen LogP contribution < -0.4 is 4.74 Å². The van der Waals surface area contributed by atoms with Crippen molar-refractivity contribution in [1.82, 2.24) is 13.9 Å². The van der Waals surface area contributed by atoms with Crippen LogP contribution in [0.2, 0.25) is 0 Å². The molecule has 0 aliphatic carbocycles. The molecule has 0 fully saturated rings. The first kappa shape index (κ1) is 20.9. The van der Waals surface area contributed by atoms with E-state index < -0.39 is 27.5 Å². The van der Waals surface area contributed by atoms with Crippen LogP contribution in [-0.4, -0.2) is 29.5 Å². The number of hydrogen-bond donors (Lipinski definition) is 0. The molecule has 0 amide bonds. The van der Waals surface area contributed by atoms with Gasteiger partial charge in [0.1, 0.15) is 5.69 Å². The van der Waals surface area contributed by atoms with Crippen LogP contribution in [0.15, 0.2) is 47.8 Å². The third kappa shape index (κ3) is 4.14. The molecule has 9 heteroatoms. The number of rotatable bonds is 5. The molecule has 0 N–H and O–H groups in total. The zero-order valence-electron chi connectivity index (χ0n) is 16.5. The fourth-order valence-electron chi connectivity index (χ4n) is 2.95. The highest BCUT2D eigenvalue weighted by Crippen LogP contribution is 2.34. The maximum Gasteiger partial charge on any atom is 0.285 e. The van der Waals surface area contributed by atoms with E-state index in [4.69, 9.17) is 4.74 Å². The Kier molecular flexibility index (Phi) is 5.44. The van der Waals surface area contributed by atoms with E-state index in [9.17, 15) is 12.8 Å². The van der Waals surface area contributed by atoms with Crippen molar-refractivity contribution < 1.29 is 21.9 Å². The standard InChI is InChI=1S/C20H21F2N3O3S/c1-20(2,3)11-13-12-25(18(17(13)21)14-7-6-10-23-19(14)22)29(26,27)16-9-5-8-15(24-16)28-4/h5-10,12H,11H2,1-4H3. The lowest BCUT2D eigenvalue weighted by Gasteiger charge is -2.16. The lowest BCUT2D eigenvalue weighted by molar-refractivity contribution is 0.393. The predicted octanol–water partition coefficient (Wildman–Crippen LogP) is 4.06. The normalized spacial score (nSPS) is 12.2. The minimum atomic E-state index is -4.33. The van der Waals surface area contributed by atoms with Crippen molar-refractivity contribution in [2.24, 2.45) is 5.41 Å². The molecule has 0 spiro atoms. The molecular weight excluding hydrogens is 400 g/mol. The molecule has 0 aliphatic rings. The summed E-state index contributed by atoms with van der Waals surface area (Å²) in [6.07, 6.45) is 2.64. The number of aromatic nitrogens is 3. The number of hydrogen-bond acceptors (Lipinski definition) is 5. The summed E-state index contributed by atoms with van der Waals surface area (Å²) in [5.41, 5.74) is -0.839. The Bertz CT molecular complexity index is 1150. The van der Waals surface area contributed by atoms with Crippen LogP contribution in [-0.2, 0) is 16.4 Å². The van der Waals surface area contributed by atoms with Crippen molar-refractivity contribution in [3.05, 3.63) is 60.1 Å². The molecule has 6 nitrogen and oxygen atoms in total. The van der Waals surface area contributed by atoms with Gasteiger partial charge < -0.3 is 4.74 Å². The lowest BCUT2D eigenvalue weighted by Crippen LogP contribution is -2.16. The predicted molar refractivity (Wildman–Crippen MR) is 104 cm³/mol. The van der Waals surface area contributed by atoms with E-state index in [1.807, 2.05) is 20.8 Å². The van der Waals surface area contributed by atoms with Crippen molar-refractivity contribution in [2.75, 3.05) is 7.11 Å². The van der Waals surface area contributed by atoms with Gasteiger partial charge in [0.15, 0.2) is 10.8 Å². The maximum atomic E-state index is 15.4. The summed E-state index contributed by atoms with van der Waals surface area (Å²) in [5, 5.41) is -0.347. The Hall–Kier alpha value is -2.81. The number of ether oxygens (including phenoxy) is 1. The van der Waals surface area contributed by atoms with Gasteiger partial charge in [-0.05, 0) is 30.0 Å². The van der Waals surface area contributed by atoms with Crippen molar-refractivity contribution in [3.63, 3.8) is 0 Å². The number of pyridine rings is 2. The summed E-state index contributed by atoms with van der Waals surface area (Å²) in [6, 6.07) is 6.91. The Balaban J connectivity index is 2.29. The monoisotopic (exact) mass is 421 g/mol. The van der Waals surface area contributed by atoms with Crippen LogP contribution in [0.4, 0.5) is 8.78 Å². The first-order valence-corrected chi connectivity index (χ1v) is 10.3. The Labute approximate surface area is 168 Å². The van der Waals surface area contributed by atoms with Crippen molar-refractivity contribution in [3.8, 4) is 17.1 Å². The van der Waals surface area contributed by atoms with Gasteiger partial charge in [0.25, 0.3) is 10.0 Å². The Morgan fingerprint density at radius 2 is 1.86 bits per heavy atom. The largest absolute Gasteiger partial charge is 0.481 e. The van der Waals surface area contributed by atoms with Gasteiger partial charge in [0.2, 0.25) is 11.8 Å². The van der Waals surface area contributed by atoms with E-state index in [1.54, 1.807) is 0 Å². The molecule has 154 valence electrons. The van der Waals surface area contributed by atoms with Crippen LogP contribution in [0.3, 0.4) is 0 Å². The van der Waals surface area contributed by atoms with Gasteiger partial charge in [-0.25, -0.2) is 13.3 Å². The van der Waals surface area contributed by atoms with E-state index in [1.165, 1.54) is 49.8 Å². The molecule has 0 aromatic carbocycles. The van der Waals surface area contributed by atoms with Gasteiger partial charge in [0, 0.05) is 24.0 Å². The molecular formula is C20H21F2N3O3S. The molecule has 0 radical (unpaired) electrons. The van der Waals surface area contributed by atoms with E-state index in [0.29, 0.717) is 0 Å². The first-order chi connectivity index (χ1) is 13.5. The molecule has 0 saturated carbocycles. The van der Waals surface area contributed by atoms with Crippen molar-refractivity contribution in [1.29, 1.82) is 0 Å². The maximum absolute atomic E-state index is 15.4. The molecule has 3 aromatic rings. The van der Waals surface area contributed by atoms with E-state index in [-0.39, 0.29) is 33.9 Å². The average Bonchev–Trinajstić information content (AvgIpc) is 2.97. The summed E-state index contributed by atoms with van der Waals surface area (Å²) < 4.78 is 62.0. The summed E-state index contributed by atoms with van der Waals surface area (Å²) >= 11 is 0. The second-order valence-corrected chi connectivity index (χ2v) is 9.48. The van der Waals surface area contributed by atoms with Gasteiger partial charge in [-0.3, -0.25) is 0 Å². The summed E-state index contributed by atoms with van der Waals surface area (Å²) in [6.45, 7) is 5.69. The Morgan fingerprint density at radius 1 is 1.14 bits per heavy atom. The number of methoxy groups -OCH3 is 1. The summed E-state index contributed by atoms with van der Waals surface area (Å²) in [4.78, 5) is 7.47. The van der Waals surface area contributed by atoms with Gasteiger partial charge in [-0.2, -0.15) is 17.8 Å². The third-order valence-corrected chi connectivity index (χ3v) is 5.71. The lowest BCUT2D eigenvalue weighted by atomic mass is 9.89. The smallest absolute Gasteiger partial charge is 0.285 e. The van der Waals surface area contributed by atoms with Gasteiger partial charge in [-0.1, -0.05) is 26.8 Å². The van der Waals surface area contributed by atoms with E-state index in [0.717, 1.165) is 3.97 Å². The summed E-state index contributed by atoms with van der Waals surface area (Å²) in [7, 11) is -2.98. The highest BCUT2D eigenvalue weighted by Gasteiger charge is 2.30. The summed E-state index contributed by atoms with van der Waals surface area (Å²) in [5.74, 6) is -1.69. The molecule has 0 atom stereocenters. The van der Waals surface area contributed by atoms with Gasteiger partial charge >= 0.3 is 0 Å². The van der Waals surface area contributed by atoms with Gasteiger partial charge in [0.05, 0.1) is 12.7 Å². The highest BCUT2D eigenvalue weighted by atomic mass is 32.2. The van der Waals surface area contributed by atoms with Gasteiger partial charge in [-0.15, -0.1) is 0 Å². The van der Waals surface area contributed by atoms with Crippen LogP contribution in [0.1, 0.15) is 26.3 Å². The fourth-order valence-corrected chi connectivity index (χ4v) is 4.29. The molecule has 0 saturated heterocycles.